The van der Waals surface area contributed by atoms with Gasteiger partial charge in [0.05, 0.1) is 18.1 Å². The summed E-state index contributed by atoms with van der Waals surface area (Å²) >= 11 is 0. The number of hydrogen-bond donors (Lipinski definition) is 1. The minimum atomic E-state index is -3.02. The molecule has 0 aliphatic carbocycles. The molecule has 156 valence electrons. The summed E-state index contributed by atoms with van der Waals surface area (Å²) in [5.41, 5.74) is 1.07. The number of sulfone groups is 1. The van der Waals surface area contributed by atoms with Crippen molar-refractivity contribution in [2.45, 2.75) is 38.8 Å². The summed E-state index contributed by atoms with van der Waals surface area (Å²) in [5, 5.41) is 9.43. The topological polar surface area (TPSA) is 81.2 Å². The number of aromatic hydroxyl groups is 1. The Balaban J connectivity index is 1.58. The van der Waals surface area contributed by atoms with Crippen LogP contribution in [0.1, 0.15) is 26.7 Å². The number of nitrogens with zero attached hydrogens (tertiary/aromatic N) is 3. The smallest absolute Gasteiger partial charge is 0.237 e. The van der Waals surface area contributed by atoms with Gasteiger partial charge in [0.25, 0.3) is 0 Å². The lowest BCUT2D eigenvalue weighted by molar-refractivity contribution is -0.136. The standard InChI is InChI=1S/C20H31N3O4S/c1-3-16(2)23(18-8-13-28(26,27)15-18)20(25)14-21-9-11-22(12-10-21)17-4-6-19(24)7-5-17/h4-7,16,18,24H,3,8-15H2,1-2H3/t16-,18+/m0/s1. The number of amides is 1. The van der Waals surface area contributed by atoms with E-state index in [4.69, 9.17) is 0 Å². The molecule has 0 spiro atoms. The second-order valence-electron chi connectivity index (χ2n) is 7.89. The molecule has 1 amide bonds. The van der Waals surface area contributed by atoms with Crippen molar-refractivity contribution in [3.8, 4) is 5.75 Å². The number of phenols is 1. The van der Waals surface area contributed by atoms with Crippen molar-refractivity contribution in [2.24, 2.45) is 0 Å². The Hall–Kier alpha value is -1.80. The van der Waals surface area contributed by atoms with Crippen molar-refractivity contribution in [1.29, 1.82) is 0 Å². The van der Waals surface area contributed by atoms with Crippen molar-refractivity contribution in [3.05, 3.63) is 24.3 Å². The Bertz CT molecular complexity index is 773. The minimum absolute atomic E-state index is 0.0366. The molecule has 0 bridgehead atoms. The predicted molar refractivity (Wildman–Crippen MR) is 110 cm³/mol. The Labute approximate surface area is 167 Å². The molecule has 28 heavy (non-hydrogen) atoms. The molecule has 2 atom stereocenters. The maximum atomic E-state index is 13.0. The average molecular weight is 410 g/mol. The van der Waals surface area contributed by atoms with Crippen LogP contribution in [0.5, 0.6) is 5.75 Å². The fraction of sp³-hybridized carbons (Fsp3) is 0.650. The molecule has 2 saturated heterocycles. The van der Waals surface area contributed by atoms with Crippen LogP contribution in [0.4, 0.5) is 5.69 Å². The van der Waals surface area contributed by atoms with Crippen LogP contribution in [0.2, 0.25) is 0 Å². The maximum absolute atomic E-state index is 13.0. The number of carbonyl (C=O) groups excluding carboxylic acids is 1. The van der Waals surface area contributed by atoms with Gasteiger partial charge in [0.1, 0.15) is 5.75 Å². The highest BCUT2D eigenvalue weighted by atomic mass is 32.2. The zero-order valence-electron chi connectivity index (χ0n) is 16.7. The number of phenolic OH excluding ortho intramolecular Hbond substituents is 1. The lowest BCUT2D eigenvalue weighted by Crippen LogP contribution is -2.53. The van der Waals surface area contributed by atoms with Gasteiger partial charge in [-0.3, -0.25) is 9.69 Å². The fourth-order valence-electron chi connectivity index (χ4n) is 4.10. The van der Waals surface area contributed by atoms with Crippen LogP contribution in [0, 0.1) is 0 Å². The Morgan fingerprint density at radius 3 is 2.39 bits per heavy atom. The van der Waals surface area contributed by atoms with Crippen LogP contribution < -0.4 is 4.90 Å². The average Bonchev–Trinajstić information content (AvgIpc) is 3.02. The van der Waals surface area contributed by atoms with Gasteiger partial charge < -0.3 is 14.9 Å². The van der Waals surface area contributed by atoms with Gasteiger partial charge in [-0.15, -0.1) is 0 Å². The first kappa shape index (κ1) is 20.9. The molecular formula is C20H31N3O4S. The van der Waals surface area contributed by atoms with Crippen LogP contribution >= 0.6 is 0 Å². The summed E-state index contributed by atoms with van der Waals surface area (Å²) in [6.07, 6.45) is 1.37. The highest BCUT2D eigenvalue weighted by Crippen LogP contribution is 2.23. The number of benzene rings is 1. The van der Waals surface area contributed by atoms with Crippen molar-refractivity contribution >= 4 is 21.4 Å². The summed E-state index contributed by atoms with van der Waals surface area (Å²) in [5.74, 6) is 0.572. The highest BCUT2D eigenvalue weighted by molar-refractivity contribution is 7.91. The van der Waals surface area contributed by atoms with Gasteiger partial charge in [-0.1, -0.05) is 6.92 Å². The number of rotatable bonds is 6. The molecule has 2 aliphatic heterocycles. The first-order valence-corrected chi connectivity index (χ1v) is 11.9. The first-order chi connectivity index (χ1) is 13.3. The molecule has 0 unspecified atom stereocenters. The molecule has 7 nitrogen and oxygen atoms in total. The summed E-state index contributed by atoms with van der Waals surface area (Å²) in [6, 6.07) is 7.04. The van der Waals surface area contributed by atoms with E-state index in [1.165, 1.54) is 0 Å². The van der Waals surface area contributed by atoms with E-state index >= 15 is 0 Å². The molecule has 0 radical (unpaired) electrons. The Morgan fingerprint density at radius 2 is 1.86 bits per heavy atom. The molecule has 0 saturated carbocycles. The van der Waals surface area contributed by atoms with Gasteiger partial charge in [-0.05, 0) is 44.0 Å². The van der Waals surface area contributed by atoms with Crippen LogP contribution in [0.15, 0.2) is 24.3 Å². The van der Waals surface area contributed by atoms with Gasteiger partial charge in [0, 0.05) is 44.0 Å². The monoisotopic (exact) mass is 409 g/mol. The van der Waals surface area contributed by atoms with E-state index < -0.39 is 9.84 Å². The molecule has 2 fully saturated rings. The van der Waals surface area contributed by atoms with Gasteiger partial charge >= 0.3 is 0 Å². The van der Waals surface area contributed by atoms with Crippen molar-refractivity contribution in [2.75, 3.05) is 49.1 Å². The van der Waals surface area contributed by atoms with E-state index in [1.54, 1.807) is 12.1 Å². The summed E-state index contributed by atoms with van der Waals surface area (Å²) in [7, 11) is -3.02. The van der Waals surface area contributed by atoms with Gasteiger partial charge in [0.2, 0.25) is 5.91 Å². The lowest BCUT2D eigenvalue weighted by Gasteiger charge is -2.39. The Morgan fingerprint density at radius 1 is 1.21 bits per heavy atom. The van der Waals surface area contributed by atoms with Gasteiger partial charge in [0.15, 0.2) is 9.84 Å². The summed E-state index contributed by atoms with van der Waals surface area (Å²) < 4.78 is 23.8. The van der Waals surface area contributed by atoms with E-state index in [-0.39, 0.29) is 35.2 Å². The second-order valence-corrected chi connectivity index (χ2v) is 10.1. The zero-order chi connectivity index (χ0) is 20.3. The van der Waals surface area contributed by atoms with E-state index in [0.29, 0.717) is 13.0 Å². The summed E-state index contributed by atoms with van der Waals surface area (Å²) in [4.78, 5) is 19.3. The third kappa shape index (κ3) is 4.97. The molecule has 3 rings (SSSR count). The minimum Gasteiger partial charge on any atom is -0.508 e. The quantitative estimate of drug-likeness (QED) is 0.763. The maximum Gasteiger partial charge on any atom is 0.237 e. The zero-order valence-corrected chi connectivity index (χ0v) is 17.6. The number of hydrogen-bond acceptors (Lipinski definition) is 6. The SMILES string of the molecule is CC[C@H](C)N(C(=O)CN1CCN(c2ccc(O)cc2)CC1)[C@@H]1CCS(=O)(=O)C1. The van der Waals surface area contributed by atoms with Crippen molar-refractivity contribution < 1.29 is 18.3 Å². The normalized spacial score (nSPS) is 23.5. The van der Waals surface area contributed by atoms with Crippen molar-refractivity contribution in [1.82, 2.24) is 9.80 Å². The molecule has 2 aliphatic rings. The third-order valence-corrected chi connectivity index (χ3v) is 7.65. The van der Waals surface area contributed by atoms with E-state index in [9.17, 15) is 18.3 Å². The lowest BCUT2D eigenvalue weighted by atomic mass is 10.1. The number of carbonyl (C=O) groups is 1. The Kier molecular flexibility index (Phi) is 6.50. The first-order valence-electron chi connectivity index (χ1n) is 10.1. The molecule has 8 heteroatoms. The fourth-order valence-corrected chi connectivity index (χ4v) is 5.81. The molecule has 2 heterocycles. The van der Waals surface area contributed by atoms with E-state index in [2.05, 4.69) is 9.80 Å². The molecule has 1 aromatic carbocycles. The summed E-state index contributed by atoms with van der Waals surface area (Å²) in [6.45, 7) is 7.58. The van der Waals surface area contributed by atoms with Gasteiger partial charge in [-0.25, -0.2) is 8.42 Å². The van der Waals surface area contributed by atoms with Crippen LogP contribution in [0.3, 0.4) is 0 Å². The predicted octanol–water partition coefficient (Wildman–Crippen LogP) is 1.33. The molecule has 0 aromatic heterocycles. The number of anilines is 1. The molecule has 1 aromatic rings. The van der Waals surface area contributed by atoms with E-state index in [0.717, 1.165) is 38.3 Å². The molecular weight excluding hydrogens is 378 g/mol. The number of piperazine rings is 1. The van der Waals surface area contributed by atoms with Crippen molar-refractivity contribution in [3.63, 3.8) is 0 Å². The highest BCUT2D eigenvalue weighted by Gasteiger charge is 2.37. The largest absolute Gasteiger partial charge is 0.508 e. The van der Waals surface area contributed by atoms with E-state index in [1.807, 2.05) is 30.9 Å². The van der Waals surface area contributed by atoms with Crippen LogP contribution in [0.25, 0.3) is 0 Å². The third-order valence-electron chi connectivity index (χ3n) is 5.90. The van der Waals surface area contributed by atoms with Gasteiger partial charge in [-0.2, -0.15) is 0 Å². The van der Waals surface area contributed by atoms with Crippen LogP contribution in [-0.2, 0) is 14.6 Å². The van der Waals surface area contributed by atoms with Crippen LogP contribution in [-0.4, -0.2) is 85.5 Å². The molecule has 1 N–H and O–H groups in total. The second kappa shape index (κ2) is 8.69.